The van der Waals surface area contributed by atoms with Gasteiger partial charge in [-0.05, 0) is 18.6 Å². The van der Waals surface area contributed by atoms with Crippen LogP contribution in [0.1, 0.15) is 5.56 Å². The molecule has 0 spiro atoms. The molecule has 0 bridgehead atoms. The number of ether oxygens (including phenoxy) is 1. The lowest BCUT2D eigenvalue weighted by molar-refractivity contribution is -0.129. The minimum absolute atomic E-state index is 0.0256. The normalized spacial score (nSPS) is 17.3. The van der Waals surface area contributed by atoms with Gasteiger partial charge in [0.25, 0.3) is 0 Å². The summed E-state index contributed by atoms with van der Waals surface area (Å²) in [6, 6.07) is 7.97. The third-order valence-electron chi connectivity index (χ3n) is 3.68. The number of allylic oxidation sites excluding steroid dienone is 1. The van der Waals surface area contributed by atoms with E-state index in [2.05, 4.69) is 5.32 Å². The van der Waals surface area contributed by atoms with E-state index in [1.165, 1.54) is 0 Å². The molecule has 1 heterocycles. The first kappa shape index (κ1) is 17.2. The Morgan fingerprint density at radius 2 is 2.09 bits per heavy atom. The van der Waals surface area contributed by atoms with Crippen LogP contribution in [0, 0.1) is 6.92 Å². The quantitative estimate of drug-likeness (QED) is 0.840. The average molecular weight is 336 g/mol. The second-order valence-corrected chi connectivity index (χ2v) is 5.95. The fourth-order valence-corrected chi connectivity index (χ4v) is 2.50. The Morgan fingerprint density at radius 1 is 1.39 bits per heavy atom. The summed E-state index contributed by atoms with van der Waals surface area (Å²) in [5.41, 5.74) is 2.10. The van der Waals surface area contributed by atoms with Gasteiger partial charge >= 0.3 is 0 Å². The number of carbonyl (C=O) groups excluding carboxylic acids is 1. The summed E-state index contributed by atoms with van der Waals surface area (Å²) < 4.78 is 5.30. The summed E-state index contributed by atoms with van der Waals surface area (Å²) >= 11 is 6.36. The monoisotopic (exact) mass is 335 g/mol. The summed E-state index contributed by atoms with van der Waals surface area (Å²) in [6.45, 7) is 2.21. The fourth-order valence-electron chi connectivity index (χ4n) is 2.23. The molecule has 1 N–H and O–H groups in total. The van der Waals surface area contributed by atoms with Crippen molar-refractivity contribution in [2.75, 3.05) is 33.1 Å². The van der Waals surface area contributed by atoms with Crippen molar-refractivity contribution in [3.05, 3.63) is 52.9 Å². The fraction of sp³-hybridized carbons (Fsp3) is 0.353. The number of nitrogens with zero attached hydrogens (tertiary/aromatic N) is 2. The van der Waals surface area contributed by atoms with E-state index in [9.17, 15) is 4.79 Å². The van der Waals surface area contributed by atoms with Crippen LogP contribution in [-0.4, -0.2) is 49.6 Å². The highest BCUT2D eigenvalue weighted by Crippen LogP contribution is 2.26. The van der Waals surface area contributed by atoms with Crippen molar-refractivity contribution in [3.8, 4) is 0 Å². The van der Waals surface area contributed by atoms with E-state index in [0.717, 1.165) is 11.3 Å². The number of hydrogen-bond donors (Lipinski definition) is 1. The smallest absolute Gasteiger partial charge is 0.241 e. The molecule has 0 aromatic heterocycles. The first-order chi connectivity index (χ1) is 10.9. The molecule has 124 valence electrons. The second kappa shape index (κ2) is 7.42. The predicted molar refractivity (Wildman–Crippen MR) is 93.0 cm³/mol. The Bertz CT molecular complexity index is 640. The van der Waals surface area contributed by atoms with Crippen molar-refractivity contribution < 1.29 is 9.53 Å². The van der Waals surface area contributed by atoms with Gasteiger partial charge in [-0.3, -0.25) is 4.79 Å². The topological polar surface area (TPSA) is 44.8 Å². The van der Waals surface area contributed by atoms with Crippen LogP contribution in [0.2, 0.25) is 0 Å². The Hall–Kier alpha value is -2.14. The molecule has 1 unspecified atom stereocenters. The van der Waals surface area contributed by atoms with Crippen LogP contribution in [0.15, 0.2) is 47.3 Å². The first-order valence-corrected chi connectivity index (χ1v) is 7.72. The Labute approximate surface area is 142 Å². The SMILES string of the molecule is COC1=CC(Nc2ccccc2C)N(CC(=O)N(C)C)C(Cl)=C1. The van der Waals surface area contributed by atoms with Gasteiger partial charge in [0, 0.05) is 31.9 Å². The van der Waals surface area contributed by atoms with Gasteiger partial charge in [-0.25, -0.2) is 0 Å². The van der Waals surface area contributed by atoms with Crippen LogP contribution < -0.4 is 5.32 Å². The van der Waals surface area contributed by atoms with E-state index in [1.54, 1.807) is 37.1 Å². The van der Waals surface area contributed by atoms with Crippen LogP contribution in [0.25, 0.3) is 0 Å². The number of anilines is 1. The molecular weight excluding hydrogens is 314 g/mol. The van der Waals surface area contributed by atoms with E-state index in [4.69, 9.17) is 16.3 Å². The zero-order valence-electron chi connectivity index (χ0n) is 13.8. The van der Waals surface area contributed by atoms with Crippen LogP contribution in [-0.2, 0) is 9.53 Å². The molecule has 0 saturated heterocycles. The third kappa shape index (κ3) is 4.20. The molecule has 1 aliphatic rings. The van der Waals surface area contributed by atoms with Gasteiger partial charge in [-0.1, -0.05) is 29.8 Å². The molecule has 5 nitrogen and oxygen atoms in total. The summed E-state index contributed by atoms with van der Waals surface area (Å²) in [7, 11) is 5.05. The number of likely N-dealkylation sites (N-methyl/N-ethyl adjacent to an activating group) is 1. The molecule has 0 aliphatic carbocycles. The number of methoxy groups -OCH3 is 1. The zero-order valence-corrected chi connectivity index (χ0v) is 14.6. The minimum atomic E-state index is -0.271. The number of benzene rings is 1. The number of nitrogens with one attached hydrogen (secondary N) is 1. The van der Waals surface area contributed by atoms with Gasteiger partial charge in [-0.15, -0.1) is 0 Å². The van der Waals surface area contributed by atoms with Gasteiger partial charge in [0.2, 0.25) is 5.91 Å². The average Bonchev–Trinajstić information content (AvgIpc) is 2.52. The molecule has 0 radical (unpaired) electrons. The van der Waals surface area contributed by atoms with Gasteiger partial charge in [-0.2, -0.15) is 0 Å². The van der Waals surface area contributed by atoms with Crippen molar-refractivity contribution in [1.82, 2.24) is 9.80 Å². The zero-order chi connectivity index (χ0) is 17.0. The molecule has 1 aromatic carbocycles. The van der Waals surface area contributed by atoms with Crippen molar-refractivity contribution in [3.63, 3.8) is 0 Å². The molecule has 0 fully saturated rings. The van der Waals surface area contributed by atoms with Crippen LogP contribution in [0.4, 0.5) is 5.69 Å². The van der Waals surface area contributed by atoms with Crippen LogP contribution >= 0.6 is 11.6 Å². The molecule has 6 heteroatoms. The third-order valence-corrected chi connectivity index (χ3v) is 4.01. The molecule has 1 aliphatic heterocycles. The van der Waals surface area contributed by atoms with E-state index in [0.29, 0.717) is 10.9 Å². The Kier molecular flexibility index (Phi) is 5.55. The minimum Gasteiger partial charge on any atom is -0.497 e. The van der Waals surface area contributed by atoms with Crippen molar-refractivity contribution in [1.29, 1.82) is 0 Å². The van der Waals surface area contributed by atoms with Crippen molar-refractivity contribution in [2.24, 2.45) is 0 Å². The summed E-state index contributed by atoms with van der Waals surface area (Å²) in [5.74, 6) is 0.636. The summed E-state index contributed by atoms with van der Waals surface area (Å²) in [6.07, 6.45) is 3.34. The van der Waals surface area contributed by atoms with E-state index in [-0.39, 0.29) is 18.6 Å². The molecule has 2 rings (SSSR count). The molecule has 0 saturated carbocycles. The molecular formula is C17H22ClN3O2. The lowest BCUT2D eigenvalue weighted by Gasteiger charge is -2.35. The van der Waals surface area contributed by atoms with E-state index >= 15 is 0 Å². The van der Waals surface area contributed by atoms with Gasteiger partial charge in [0.05, 0.1) is 7.11 Å². The number of rotatable bonds is 5. The predicted octanol–water partition coefficient (Wildman–Crippen LogP) is 2.75. The first-order valence-electron chi connectivity index (χ1n) is 7.34. The maximum Gasteiger partial charge on any atom is 0.241 e. The van der Waals surface area contributed by atoms with E-state index in [1.807, 2.05) is 37.3 Å². The maximum absolute atomic E-state index is 12.1. The molecule has 23 heavy (non-hydrogen) atoms. The van der Waals surface area contributed by atoms with Gasteiger partial charge < -0.3 is 19.9 Å². The lowest BCUT2D eigenvalue weighted by Crippen LogP contribution is -2.45. The second-order valence-electron chi connectivity index (χ2n) is 5.56. The number of para-hydroxylation sites is 1. The Morgan fingerprint density at radius 3 is 2.70 bits per heavy atom. The van der Waals surface area contributed by atoms with Crippen molar-refractivity contribution >= 4 is 23.2 Å². The molecule has 1 amide bonds. The highest BCUT2D eigenvalue weighted by atomic mass is 35.5. The van der Waals surface area contributed by atoms with Crippen LogP contribution in [0.5, 0.6) is 0 Å². The number of amides is 1. The highest BCUT2D eigenvalue weighted by molar-refractivity contribution is 6.29. The molecule has 1 aromatic rings. The van der Waals surface area contributed by atoms with E-state index < -0.39 is 0 Å². The summed E-state index contributed by atoms with van der Waals surface area (Å²) in [4.78, 5) is 15.4. The number of carbonyl (C=O) groups is 1. The lowest BCUT2D eigenvalue weighted by atomic mass is 10.2. The summed E-state index contributed by atoms with van der Waals surface area (Å²) in [5, 5.41) is 3.88. The van der Waals surface area contributed by atoms with Gasteiger partial charge in [0.15, 0.2) is 0 Å². The van der Waals surface area contributed by atoms with Crippen molar-refractivity contribution in [2.45, 2.75) is 13.1 Å². The number of halogens is 1. The maximum atomic E-state index is 12.1. The standard InChI is InChI=1S/C17H22ClN3O2/c1-12-7-5-6-8-14(12)19-16-10-13(23-4)9-15(18)21(16)11-17(22)20(2)3/h5-10,16,19H,11H2,1-4H3. The molecule has 1 atom stereocenters. The van der Waals surface area contributed by atoms with Gasteiger partial charge in [0.1, 0.15) is 23.6 Å². The number of aryl methyl sites for hydroxylation is 1. The van der Waals surface area contributed by atoms with Crippen LogP contribution in [0.3, 0.4) is 0 Å². The largest absolute Gasteiger partial charge is 0.497 e. The Balaban J connectivity index is 2.27. The highest BCUT2D eigenvalue weighted by Gasteiger charge is 2.26. The number of hydrogen-bond acceptors (Lipinski definition) is 4.